The molecule has 4 aromatic rings. The fraction of sp³-hybridized carbons (Fsp3) is 0.143. The second-order valence-corrected chi connectivity index (χ2v) is 5.66. The average Bonchev–Trinajstić information content (AvgIpc) is 3.11. The second-order valence-electron chi connectivity index (χ2n) is 4.68. The topological polar surface area (TPSA) is 68.5 Å². The van der Waals surface area contributed by atoms with Crippen LogP contribution in [0.1, 0.15) is 0 Å². The zero-order valence-corrected chi connectivity index (χ0v) is 12.3. The van der Waals surface area contributed by atoms with Crippen molar-refractivity contribution in [1.82, 2.24) is 24.5 Å². The lowest BCUT2D eigenvalue weighted by molar-refractivity contribution is 0.949. The van der Waals surface area contributed by atoms with Crippen LogP contribution < -0.4 is 5.32 Å². The van der Waals surface area contributed by atoms with Crippen molar-refractivity contribution in [2.45, 2.75) is 0 Å². The molecule has 0 atom stereocenters. The van der Waals surface area contributed by atoms with E-state index >= 15 is 0 Å². The van der Waals surface area contributed by atoms with Gasteiger partial charge in [-0.05, 0) is 12.1 Å². The summed E-state index contributed by atoms with van der Waals surface area (Å²) < 4.78 is 1.98. The number of imidazole rings is 1. The largest absolute Gasteiger partial charge is 0.371 e. The van der Waals surface area contributed by atoms with Gasteiger partial charge in [0, 0.05) is 32.1 Å². The number of aromatic nitrogens is 5. The summed E-state index contributed by atoms with van der Waals surface area (Å²) in [6.45, 7) is 0. The average molecular weight is 296 g/mol. The zero-order chi connectivity index (χ0) is 14.4. The molecule has 7 heteroatoms. The first-order chi connectivity index (χ1) is 10.3. The molecule has 0 unspecified atom stereocenters. The Morgan fingerprint density at radius 1 is 1.24 bits per heavy atom. The predicted molar refractivity (Wildman–Crippen MR) is 84.5 cm³/mol. The Labute approximate surface area is 124 Å². The van der Waals surface area contributed by atoms with Crippen molar-refractivity contribution in [2.24, 2.45) is 7.05 Å². The molecule has 4 heterocycles. The van der Waals surface area contributed by atoms with Gasteiger partial charge in [-0.1, -0.05) is 11.3 Å². The summed E-state index contributed by atoms with van der Waals surface area (Å²) in [6, 6.07) is 3.91. The Kier molecular flexibility index (Phi) is 2.61. The third-order valence-electron chi connectivity index (χ3n) is 3.35. The summed E-state index contributed by atoms with van der Waals surface area (Å²) in [5.41, 5.74) is 3.72. The van der Waals surface area contributed by atoms with E-state index in [9.17, 15) is 0 Å². The number of aryl methyl sites for hydroxylation is 1. The first-order valence-electron chi connectivity index (χ1n) is 6.47. The molecule has 21 heavy (non-hydrogen) atoms. The number of thiazole rings is 1. The SMILES string of the molecule is CNc1nc2sc(-c3cccnc3)nc2c2c1ncn2C. The molecule has 0 aliphatic carbocycles. The molecule has 0 saturated carbocycles. The Morgan fingerprint density at radius 3 is 2.90 bits per heavy atom. The van der Waals surface area contributed by atoms with Crippen LogP contribution in [0.2, 0.25) is 0 Å². The van der Waals surface area contributed by atoms with Gasteiger partial charge in [0.05, 0.1) is 6.33 Å². The molecule has 0 bridgehead atoms. The van der Waals surface area contributed by atoms with Crippen LogP contribution in [0.25, 0.3) is 32.0 Å². The van der Waals surface area contributed by atoms with Crippen LogP contribution in [-0.2, 0) is 7.05 Å². The summed E-state index contributed by atoms with van der Waals surface area (Å²) in [4.78, 5) is 18.8. The Hall–Kier alpha value is -2.54. The number of nitrogens with zero attached hydrogens (tertiary/aromatic N) is 5. The van der Waals surface area contributed by atoms with Crippen molar-refractivity contribution < 1.29 is 0 Å². The highest BCUT2D eigenvalue weighted by atomic mass is 32.1. The number of hydrogen-bond acceptors (Lipinski definition) is 6. The van der Waals surface area contributed by atoms with E-state index in [1.54, 1.807) is 23.9 Å². The van der Waals surface area contributed by atoms with Crippen LogP contribution in [0.5, 0.6) is 0 Å². The standard InChI is InChI=1S/C14H12N6S/c1-15-12-9-11(20(2)7-17-9)10-14(19-12)21-13(18-10)8-4-3-5-16-6-8/h3-7H,1-2H3,(H,15,19). The molecule has 0 amide bonds. The van der Waals surface area contributed by atoms with E-state index in [4.69, 9.17) is 4.98 Å². The maximum Gasteiger partial charge on any atom is 0.155 e. The number of rotatable bonds is 2. The van der Waals surface area contributed by atoms with E-state index < -0.39 is 0 Å². The van der Waals surface area contributed by atoms with Crippen molar-refractivity contribution in [3.05, 3.63) is 30.9 Å². The van der Waals surface area contributed by atoms with Crippen molar-refractivity contribution >= 4 is 38.5 Å². The molecule has 6 nitrogen and oxygen atoms in total. The molecule has 0 spiro atoms. The van der Waals surface area contributed by atoms with Gasteiger partial charge in [0.25, 0.3) is 0 Å². The highest BCUT2D eigenvalue weighted by molar-refractivity contribution is 7.21. The highest BCUT2D eigenvalue weighted by Gasteiger charge is 2.16. The molecule has 0 fully saturated rings. The van der Waals surface area contributed by atoms with Crippen molar-refractivity contribution in [1.29, 1.82) is 0 Å². The number of anilines is 1. The van der Waals surface area contributed by atoms with Gasteiger partial charge in [-0.3, -0.25) is 4.98 Å². The molecule has 0 aliphatic rings. The van der Waals surface area contributed by atoms with E-state index in [-0.39, 0.29) is 0 Å². The molecule has 0 aliphatic heterocycles. The minimum absolute atomic E-state index is 0.777. The first kappa shape index (κ1) is 12.2. The smallest absolute Gasteiger partial charge is 0.155 e. The maximum absolute atomic E-state index is 4.75. The van der Waals surface area contributed by atoms with Crippen molar-refractivity contribution in [3.63, 3.8) is 0 Å². The van der Waals surface area contributed by atoms with Crippen molar-refractivity contribution in [2.75, 3.05) is 12.4 Å². The maximum atomic E-state index is 4.75. The van der Waals surface area contributed by atoms with E-state index in [0.717, 1.165) is 37.8 Å². The van der Waals surface area contributed by atoms with Gasteiger partial charge < -0.3 is 9.88 Å². The van der Waals surface area contributed by atoms with Crippen LogP contribution >= 0.6 is 11.3 Å². The molecule has 0 aromatic carbocycles. The predicted octanol–water partition coefficient (Wildman–Crippen LogP) is 2.68. The normalized spacial score (nSPS) is 11.3. The minimum atomic E-state index is 0.777. The minimum Gasteiger partial charge on any atom is -0.371 e. The monoisotopic (exact) mass is 296 g/mol. The van der Waals surface area contributed by atoms with Gasteiger partial charge in [-0.25, -0.2) is 15.0 Å². The molecule has 4 rings (SSSR count). The van der Waals surface area contributed by atoms with Gasteiger partial charge in [-0.2, -0.15) is 0 Å². The molecule has 104 valence electrons. The first-order valence-corrected chi connectivity index (χ1v) is 7.29. The number of fused-ring (bicyclic) bond motifs is 3. The summed E-state index contributed by atoms with van der Waals surface area (Å²) in [5, 5.41) is 4.02. The lowest BCUT2D eigenvalue weighted by Gasteiger charge is -2.01. The molecule has 1 N–H and O–H groups in total. The molecule has 4 aromatic heterocycles. The summed E-state index contributed by atoms with van der Waals surface area (Å²) in [6.07, 6.45) is 5.36. The third kappa shape index (κ3) is 1.78. The van der Waals surface area contributed by atoms with E-state index in [1.165, 1.54) is 0 Å². The van der Waals surface area contributed by atoms with Crippen molar-refractivity contribution in [3.8, 4) is 10.6 Å². The molecule has 0 radical (unpaired) electrons. The van der Waals surface area contributed by atoms with Crippen LogP contribution in [0.15, 0.2) is 30.9 Å². The fourth-order valence-corrected chi connectivity index (χ4v) is 3.30. The van der Waals surface area contributed by atoms with Gasteiger partial charge in [0.15, 0.2) is 5.82 Å². The summed E-state index contributed by atoms with van der Waals surface area (Å²) in [7, 11) is 3.82. The highest BCUT2D eigenvalue weighted by Crippen LogP contribution is 2.34. The van der Waals surface area contributed by atoms with Crippen LogP contribution in [-0.4, -0.2) is 31.6 Å². The lowest BCUT2D eigenvalue weighted by Crippen LogP contribution is -1.95. The van der Waals surface area contributed by atoms with Gasteiger partial charge in [0.2, 0.25) is 0 Å². The van der Waals surface area contributed by atoms with E-state index in [0.29, 0.717) is 0 Å². The van der Waals surface area contributed by atoms with Gasteiger partial charge >= 0.3 is 0 Å². The van der Waals surface area contributed by atoms with Gasteiger partial charge in [0.1, 0.15) is 26.4 Å². The van der Waals surface area contributed by atoms with E-state index in [1.807, 2.05) is 37.0 Å². The summed E-state index contributed by atoms with van der Waals surface area (Å²) >= 11 is 1.56. The quantitative estimate of drug-likeness (QED) is 0.616. The molecular weight excluding hydrogens is 284 g/mol. The second kappa shape index (κ2) is 4.49. The zero-order valence-electron chi connectivity index (χ0n) is 11.5. The fourth-order valence-electron chi connectivity index (χ4n) is 2.37. The Bertz CT molecular complexity index is 940. The Morgan fingerprint density at radius 2 is 2.14 bits per heavy atom. The number of pyridine rings is 2. The molecule has 0 saturated heterocycles. The van der Waals surface area contributed by atoms with Crippen LogP contribution in [0.3, 0.4) is 0 Å². The van der Waals surface area contributed by atoms with Gasteiger partial charge in [-0.15, -0.1) is 0 Å². The van der Waals surface area contributed by atoms with Crippen LogP contribution in [0.4, 0.5) is 5.82 Å². The Balaban J connectivity index is 2.07. The lowest BCUT2D eigenvalue weighted by atomic mass is 10.3. The molecular formula is C14H12N6S. The summed E-state index contributed by atoms with van der Waals surface area (Å²) in [5.74, 6) is 0.777. The number of hydrogen-bond donors (Lipinski definition) is 1. The van der Waals surface area contributed by atoms with Crippen LogP contribution in [0, 0.1) is 0 Å². The van der Waals surface area contributed by atoms with E-state index in [2.05, 4.69) is 20.3 Å². The third-order valence-corrected chi connectivity index (χ3v) is 4.35. The number of nitrogens with one attached hydrogen (secondary N) is 1.